The first-order valence-electron chi connectivity index (χ1n) is 9.29. The summed E-state index contributed by atoms with van der Waals surface area (Å²) in [6, 6.07) is 18.7. The van der Waals surface area contributed by atoms with Crippen LogP contribution in [0.1, 0.15) is 26.9 Å². The van der Waals surface area contributed by atoms with Crippen molar-refractivity contribution < 1.29 is 14.0 Å². The summed E-state index contributed by atoms with van der Waals surface area (Å²) >= 11 is 7.53. The topological polar surface area (TPSA) is 49.4 Å². The molecule has 0 unspecified atom stereocenters. The minimum Gasteiger partial charge on any atom is -0.322 e. The molecule has 0 spiro atoms. The lowest BCUT2D eigenvalue weighted by atomic mass is 10.1. The van der Waals surface area contributed by atoms with Gasteiger partial charge in [0.2, 0.25) is 5.91 Å². The molecule has 1 aliphatic heterocycles. The zero-order valence-corrected chi connectivity index (χ0v) is 17.6. The number of anilines is 2. The number of hydrogen-bond acceptors (Lipinski definition) is 3. The van der Waals surface area contributed by atoms with Gasteiger partial charge in [-0.3, -0.25) is 14.5 Å². The average molecular weight is 441 g/mol. The van der Waals surface area contributed by atoms with Crippen molar-refractivity contribution in [2.24, 2.45) is 0 Å². The first-order chi connectivity index (χ1) is 14.4. The third-order valence-electron chi connectivity index (χ3n) is 4.78. The molecule has 1 heterocycles. The van der Waals surface area contributed by atoms with E-state index in [0.717, 1.165) is 11.1 Å². The fraction of sp³-hybridized carbons (Fsp3) is 0.130. The Morgan fingerprint density at radius 3 is 2.73 bits per heavy atom. The number of carbonyl (C=O) groups is 2. The molecule has 1 N–H and O–H groups in total. The molecule has 0 saturated carbocycles. The molecule has 152 valence electrons. The first-order valence-corrected chi connectivity index (χ1v) is 10.7. The molecule has 0 aromatic heterocycles. The number of hydrogen-bond donors (Lipinski definition) is 1. The second-order valence-electron chi connectivity index (χ2n) is 6.94. The van der Waals surface area contributed by atoms with Gasteiger partial charge in [0, 0.05) is 5.69 Å². The van der Waals surface area contributed by atoms with Crippen LogP contribution in [0.25, 0.3) is 0 Å². The van der Waals surface area contributed by atoms with Gasteiger partial charge >= 0.3 is 0 Å². The van der Waals surface area contributed by atoms with E-state index >= 15 is 0 Å². The molecule has 4 rings (SSSR count). The summed E-state index contributed by atoms with van der Waals surface area (Å²) in [6.07, 6.45) is 0. The number of carbonyl (C=O) groups excluding carboxylic acids is 2. The van der Waals surface area contributed by atoms with E-state index in [-0.39, 0.29) is 28.6 Å². The van der Waals surface area contributed by atoms with E-state index in [4.69, 9.17) is 11.6 Å². The third-order valence-corrected chi connectivity index (χ3v) is 6.32. The van der Waals surface area contributed by atoms with Gasteiger partial charge in [-0.05, 0) is 54.4 Å². The average Bonchev–Trinajstić information content (AvgIpc) is 3.11. The highest BCUT2D eigenvalue weighted by Crippen LogP contribution is 2.43. The van der Waals surface area contributed by atoms with Crippen LogP contribution in [0.3, 0.4) is 0 Å². The number of benzene rings is 3. The molecule has 1 aliphatic rings. The fourth-order valence-electron chi connectivity index (χ4n) is 3.35. The Morgan fingerprint density at radius 1 is 1.13 bits per heavy atom. The van der Waals surface area contributed by atoms with E-state index < -0.39 is 5.82 Å². The minimum atomic E-state index is -0.440. The molecule has 2 amide bonds. The lowest BCUT2D eigenvalue weighted by Crippen LogP contribution is -2.28. The summed E-state index contributed by atoms with van der Waals surface area (Å²) in [5, 5.41) is 2.82. The summed E-state index contributed by atoms with van der Waals surface area (Å²) in [6.45, 7) is 1.86. The first kappa shape index (κ1) is 20.4. The van der Waals surface area contributed by atoms with Gasteiger partial charge < -0.3 is 5.32 Å². The smallest absolute Gasteiger partial charge is 0.257 e. The highest BCUT2D eigenvalue weighted by molar-refractivity contribution is 8.00. The maximum Gasteiger partial charge on any atom is 0.257 e. The highest BCUT2D eigenvalue weighted by atomic mass is 35.5. The monoisotopic (exact) mass is 440 g/mol. The summed E-state index contributed by atoms with van der Waals surface area (Å²) in [5.41, 5.74) is 2.88. The van der Waals surface area contributed by atoms with E-state index in [1.54, 1.807) is 54.6 Å². The van der Waals surface area contributed by atoms with E-state index in [1.165, 1.54) is 22.7 Å². The number of thioether (sulfide) groups is 1. The van der Waals surface area contributed by atoms with Gasteiger partial charge in [0.1, 0.15) is 11.2 Å². The standard InChI is InChI=1S/C23H18ClFN2O2S/c1-14-9-10-19(25)20(11-14)27-21(28)13-30-23(27)15-5-4-6-16(12-15)26-22(29)17-7-2-3-8-18(17)24/h2-12,23H,13H2,1H3,(H,26,29)/t23-/m1/s1. The SMILES string of the molecule is Cc1ccc(F)c(N2C(=O)CS[C@@H]2c2cccc(NC(=O)c3ccccc3Cl)c2)c1. The maximum atomic E-state index is 14.5. The van der Waals surface area contributed by atoms with Crippen molar-refractivity contribution in [1.82, 2.24) is 0 Å². The van der Waals surface area contributed by atoms with Crippen molar-refractivity contribution in [3.63, 3.8) is 0 Å². The van der Waals surface area contributed by atoms with Gasteiger partial charge in [-0.1, -0.05) is 41.9 Å². The van der Waals surface area contributed by atoms with Gasteiger partial charge in [0.05, 0.1) is 22.0 Å². The van der Waals surface area contributed by atoms with Crippen LogP contribution in [-0.2, 0) is 4.79 Å². The van der Waals surface area contributed by atoms with Crippen LogP contribution < -0.4 is 10.2 Å². The number of rotatable bonds is 4. The van der Waals surface area contributed by atoms with Gasteiger partial charge in [-0.15, -0.1) is 11.8 Å². The summed E-state index contributed by atoms with van der Waals surface area (Å²) in [7, 11) is 0. The van der Waals surface area contributed by atoms with Crippen molar-refractivity contribution in [1.29, 1.82) is 0 Å². The Kier molecular flexibility index (Phi) is 5.79. The Bertz CT molecular complexity index is 1140. The van der Waals surface area contributed by atoms with Crippen LogP contribution in [0.5, 0.6) is 0 Å². The van der Waals surface area contributed by atoms with Crippen molar-refractivity contribution in [3.8, 4) is 0 Å². The highest BCUT2D eigenvalue weighted by Gasteiger charge is 2.35. The maximum absolute atomic E-state index is 14.5. The van der Waals surface area contributed by atoms with Crippen molar-refractivity contribution in [2.75, 3.05) is 16.0 Å². The number of nitrogens with one attached hydrogen (secondary N) is 1. The minimum absolute atomic E-state index is 0.153. The van der Waals surface area contributed by atoms with Crippen LogP contribution in [0, 0.1) is 12.7 Å². The Morgan fingerprint density at radius 2 is 1.93 bits per heavy atom. The largest absolute Gasteiger partial charge is 0.322 e. The summed E-state index contributed by atoms with van der Waals surface area (Å²) in [4.78, 5) is 26.6. The second kappa shape index (κ2) is 8.50. The molecule has 0 aliphatic carbocycles. The van der Waals surface area contributed by atoms with Gasteiger partial charge in [0.15, 0.2) is 0 Å². The Labute approximate surface area is 183 Å². The molecule has 1 saturated heterocycles. The molecule has 30 heavy (non-hydrogen) atoms. The molecule has 0 bridgehead atoms. The molecule has 3 aromatic rings. The zero-order valence-electron chi connectivity index (χ0n) is 16.1. The van der Waals surface area contributed by atoms with Gasteiger partial charge in [-0.25, -0.2) is 4.39 Å². The number of amides is 2. The van der Waals surface area contributed by atoms with Crippen molar-refractivity contribution in [2.45, 2.75) is 12.3 Å². The fourth-order valence-corrected chi connectivity index (χ4v) is 4.73. The lowest BCUT2D eigenvalue weighted by molar-refractivity contribution is -0.115. The molecule has 3 aromatic carbocycles. The Balaban J connectivity index is 1.63. The number of halogens is 2. The van der Waals surface area contributed by atoms with Crippen LogP contribution in [-0.4, -0.2) is 17.6 Å². The normalized spacial score (nSPS) is 16.0. The predicted octanol–water partition coefficient (Wildman–Crippen LogP) is 5.82. The molecule has 0 radical (unpaired) electrons. The number of aryl methyl sites for hydroxylation is 1. The van der Waals surface area contributed by atoms with E-state index in [9.17, 15) is 14.0 Å². The molecule has 7 heteroatoms. The van der Waals surface area contributed by atoms with Crippen LogP contribution >= 0.6 is 23.4 Å². The second-order valence-corrected chi connectivity index (χ2v) is 8.42. The van der Waals surface area contributed by atoms with E-state index in [0.29, 0.717) is 16.3 Å². The molecule has 1 atom stereocenters. The molecular weight excluding hydrogens is 423 g/mol. The van der Waals surface area contributed by atoms with Crippen LogP contribution in [0.4, 0.5) is 15.8 Å². The van der Waals surface area contributed by atoms with E-state index in [1.807, 2.05) is 13.0 Å². The van der Waals surface area contributed by atoms with Crippen molar-refractivity contribution >= 4 is 46.6 Å². The third kappa shape index (κ3) is 4.06. The van der Waals surface area contributed by atoms with Gasteiger partial charge in [-0.2, -0.15) is 0 Å². The van der Waals surface area contributed by atoms with E-state index in [2.05, 4.69) is 5.32 Å². The zero-order chi connectivity index (χ0) is 21.3. The molecular formula is C23H18ClFN2O2S. The Hall–Kier alpha value is -2.83. The number of nitrogens with zero attached hydrogens (tertiary/aromatic N) is 1. The van der Waals surface area contributed by atoms with Crippen LogP contribution in [0.15, 0.2) is 66.7 Å². The summed E-state index contributed by atoms with van der Waals surface area (Å²) in [5.74, 6) is -0.659. The predicted molar refractivity (Wildman–Crippen MR) is 120 cm³/mol. The van der Waals surface area contributed by atoms with Crippen LogP contribution in [0.2, 0.25) is 5.02 Å². The summed E-state index contributed by atoms with van der Waals surface area (Å²) < 4.78 is 14.5. The van der Waals surface area contributed by atoms with Crippen molar-refractivity contribution in [3.05, 3.63) is 94.3 Å². The lowest BCUT2D eigenvalue weighted by Gasteiger charge is -2.25. The molecule has 4 nitrogen and oxygen atoms in total. The molecule has 1 fully saturated rings. The van der Waals surface area contributed by atoms with Gasteiger partial charge in [0.25, 0.3) is 5.91 Å². The quantitative estimate of drug-likeness (QED) is 0.556.